The fourth-order valence-corrected chi connectivity index (χ4v) is 1.78. The normalized spacial score (nSPS) is 10.8. The van der Waals surface area contributed by atoms with Crippen molar-refractivity contribution >= 4 is 5.91 Å². The summed E-state index contributed by atoms with van der Waals surface area (Å²) in [4.78, 5) is 35.8. The Bertz CT molecular complexity index is 759. The van der Waals surface area contributed by atoms with E-state index in [2.05, 4.69) is 5.10 Å². The predicted molar refractivity (Wildman–Crippen MR) is 73.0 cm³/mol. The van der Waals surface area contributed by atoms with E-state index in [1.165, 1.54) is 0 Å². The van der Waals surface area contributed by atoms with Crippen molar-refractivity contribution < 1.29 is 4.79 Å². The molecule has 2 N–H and O–H groups in total. The quantitative estimate of drug-likeness (QED) is 0.856. The van der Waals surface area contributed by atoms with Gasteiger partial charge in [0.2, 0.25) is 5.69 Å². The molecule has 20 heavy (non-hydrogen) atoms. The van der Waals surface area contributed by atoms with Gasteiger partial charge in [-0.1, -0.05) is 18.2 Å². The molecule has 0 radical (unpaired) electrons. The van der Waals surface area contributed by atoms with Crippen LogP contribution in [0.25, 0.3) is 5.69 Å². The number of amides is 1. The van der Waals surface area contributed by atoms with Gasteiger partial charge in [0.1, 0.15) is 0 Å². The average molecular weight is 274 g/mol. The Balaban J connectivity index is 2.90. The summed E-state index contributed by atoms with van der Waals surface area (Å²) in [5, 5.41) is 3.75. The highest BCUT2D eigenvalue weighted by Crippen LogP contribution is 2.03. The van der Waals surface area contributed by atoms with E-state index in [1.807, 2.05) is 0 Å². The summed E-state index contributed by atoms with van der Waals surface area (Å²) in [6.45, 7) is 3.44. The number of hydrogen-bond acceptors (Lipinski definition) is 4. The smallest absolute Gasteiger partial charge is 0.352 e. The Hall–Kier alpha value is -2.70. The Morgan fingerprint density at radius 3 is 2.30 bits per heavy atom. The van der Waals surface area contributed by atoms with Crippen LogP contribution in [-0.4, -0.2) is 20.3 Å². The molecule has 2 rings (SSSR count). The van der Waals surface area contributed by atoms with E-state index >= 15 is 0 Å². The zero-order chi connectivity index (χ0) is 14.9. The zero-order valence-electron chi connectivity index (χ0n) is 11.1. The van der Waals surface area contributed by atoms with Crippen LogP contribution in [0.15, 0.2) is 39.9 Å². The number of hydrogen-bond donors (Lipinski definition) is 1. The minimum absolute atomic E-state index is 0.309. The number of rotatable bonds is 3. The molecule has 0 saturated carbocycles. The molecule has 1 heterocycles. The van der Waals surface area contributed by atoms with Gasteiger partial charge in [-0.05, 0) is 26.0 Å². The van der Waals surface area contributed by atoms with E-state index in [0.717, 1.165) is 9.25 Å². The fourth-order valence-electron chi connectivity index (χ4n) is 1.78. The first-order valence-corrected chi connectivity index (χ1v) is 6.04. The molecule has 1 aromatic carbocycles. The van der Waals surface area contributed by atoms with Crippen LogP contribution in [0.5, 0.6) is 0 Å². The van der Waals surface area contributed by atoms with Crippen LogP contribution in [0.3, 0.4) is 0 Å². The topological polar surface area (TPSA) is 100.0 Å². The largest absolute Gasteiger partial charge is 0.364 e. The van der Waals surface area contributed by atoms with Gasteiger partial charge in [0.25, 0.3) is 11.5 Å². The Labute approximate surface area is 114 Å². The molecule has 0 fully saturated rings. The maximum Gasteiger partial charge on any atom is 0.352 e. The van der Waals surface area contributed by atoms with Crippen LogP contribution in [0.1, 0.15) is 30.4 Å². The summed E-state index contributed by atoms with van der Waals surface area (Å²) in [5.41, 5.74) is 3.63. The van der Waals surface area contributed by atoms with Crippen LogP contribution in [0, 0.1) is 0 Å². The second-order valence-electron chi connectivity index (χ2n) is 4.51. The van der Waals surface area contributed by atoms with Crippen molar-refractivity contribution in [2.45, 2.75) is 19.9 Å². The third kappa shape index (κ3) is 2.25. The Morgan fingerprint density at radius 2 is 1.80 bits per heavy atom. The van der Waals surface area contributed by atoms with Crippen molar-refractivity contribution in [3.63, 3.8) is 0 Å². The number of benzene rings is 1. The van der Waals surface area contributed by atoms with Crippen LogP contribution >= 0.6 is 0 Å². The van der Waals surface area contributed by atoms with E-state index < -0.39 is 22.9 Å². The van der Waals surface area contributed by atoms with Gasteiger partial charge < -0.3 is 5.73 Å². The zero-order valence-corrected chi connectivity index (χ0v) is 11.1. The monoisotopic (exact) mass is 274 g/mol. The van der Waals surface area contributed by atoms with Crippen molar-refractivity contribution in [2.24, 2.45) is 5.73 Å². The number of para-hydroxylation sites is 1. The summed E-state index contributed by atoms with van der Waals surface area (Å²) >= 11 is 0. The molecule has 2 aromatic rings. The number of nitrogens with two attached hydrogens (primary N) is 1. The second-order valence-corrected chi connectivity index (χ2v) is 4.51. The van der Waals surface area contributed by atoms with Gasteiger partial charge in [-0.15, -0.1) is 0 Å². The molecule has 0 aliphatic heterocycles. The lowest BCUT2D eigenvalue weighted by Crippen LogP contribution is -2.45. The molecule has 7 heteroatoms. The molecule has 0 saturated heterocycles. The van der Waals surface area contributed by atoms with Gasteiger partial charge in [0.05, 0.1) is 11.7 Å². The van der Waals surface area contributed by atoms with Crippen LogP contribution in [-0.2, 0) is 0 Å². The molecule has 0 atom stereocenters. The van der Waals surface area contributed by atoms with Crippen LogP contribution in [0.2, 0.25) is 0 Å². The molecular weight excluding hydrogens is 260 g/mol. The maximum atomic E-state index is 12.3. The van der Waals surface area contributed by atoms with E-state index in [4.69, 9.17) is 5.73 Å². The van der Waals surface area contributed by atoms with Crippen LogP contribution < -0.4 is 17.0 Å². The summed E-state index contributed by atoms with van der Waals surface area (Å²) in [7, 11) is 0. The molecule has 0 bridgehead atoms. The molecule has 0 spiro atoms. The van der Waals surface area contributed by atoms with E-state index in [0.29, 0.717) is 5.69 Å². The predicted octanol–water partition coefficient (Wildman–Crippen LogP) is 0.0740. The van der Waals surface area contributed by atoms with Crippen molar-refractivity contribution in [1.29, 1.82) is 0 Å². The van der Waals surface area contributed by atoms with E-state index in [9.17, 15) is 14.4 Å². The molecule has 1 aromatic heterocycles. The number of aromatic nitrogens is 3. The SMILES string of the molecule is CC(C)n1nc(C(N)=O)c(=O)n(-c2ccccc2)c1=O. The van der Waals surface area contributed by atoms with Gasteiger partial charge in [0.15, 0.2) is 0 Å². The van der Waals surface area contributed by atoms with Crippen molar-refractivity contribution in [1.82, 2.24) is 14.3 Å². The van der Waals surface area contributed by atoms with Crippen molar-refractivity contribution in [3.05, 3.63) is 56.9 Å². The molecule has 0 aliphatic carbocycles. The third-order valence-corrected chi connectivity index (χ3v) is 2.74. The molecule has 1 amide bonds. The first-order valence-electron chi connectivity index (χ1n) is 6.04. The van der Waals surface area contributed by atoms with Gasteiger partial charge in [0, 0.05) is 0 Å². The first-order chi connectivity index (χ1) is 9.43. The summed E-state index contributed by atoms with van der Waals surface area (Å²) < 4.78 is 1.96. The lowest BCUT2D eigenvalue weighted by molar-refractivity contribution is 0.0990. The highest BCUT2D eigenvalue weighted by atomic mass is 16.2. The highest BCUT2D eigenvalue weighted by molar-refractivity contribution is 5.90. The maximum absolute atomic E-state index is 12.3. The Morgan fingerprint density at radius 1 is 1.20 bits per heavy atom. The average Bonchev–Trinajstić information content (AvgIpc) is 2.39. The fraction of sp³-hybridized carbons (Fsp3) is 0.231. The van der Waals surface area contributed by atoms with E-state index in [1.54, 1.807) is 44.2 Å². The number of primary amides is 1. The minimum Gasteiger partial charge on any atom is -0.364 e. The van der Waals surface area contributed by atoms with Crippen molar-refractivity contribution in [3.8, 4) is 5.69 Å². The van der Waals surface area contributed by atoms with E-state index in [-0.39, 0.29) is 6.04 Å². The van der Waals surface area contributed by atoms with Crippen LogP contribution in [0.4, 0.5) is 0 Å². The number of carbonyl (C=O) groups is 1. The molecule has 7 nitrogen and oxygen atoms in total. The number of carbonyl (C=O) groups excluding carboxylic acids is 1. The third-order valence-electron chi connectivity index (χ3n) is 2.74. The molecule has 0 aliphatic rings. The highest BCUT2D eigenvalue weighted by Gasteiger charge is 2.19. The molecule has 104 valence electrons. The number of nitrogens with zero attached hydrogens (tertiary/aromatic N) is 3. The summed E-state index contributed by atoms with van der Waals surface area (Å²) in [6, 6.07) is 8.01. The summed E-state index contributed by atoms with van der Waals surface area (Å²) in [6.07, 6.45) is 0. The van der Waals surface area contributed by atoms with Gasteiger partial charge in [-0.25, -0.2) is 14.0 Å². The standard InChI is InChI=1S/C13H14N4O3/c1-8(2)17-13(20)16(9-6-4-3-5-7-9)12(19)10(15-17)11(14)18/h3-8H,1-2H3,(H2,14,18). The lowest BCUT2D eigenvalue weighted by atomic mass is 10.3. The first kappa shape index (κ1) is 13.7. The molecule has 0 unspecified atom stereocenters. The van der Waals surface area contributed by atoms with Gasteiger partial charge in [-0.2, -0.15) is 5.10 Å². The summed E-state index contributed by atoms with van der Waals surface area (Å²) in [5.74, 6) is -0.964. The Kier molecular flexibility index (Phi) is 3.51. The van der Waals surface area contributed by atoms with Crippen molar-refractivity contribution in [2.75, 3.05) is 0 Å². The van der Waals surface area contributed by atoms with Gasteiger partial charge >= 0.3 is 5.69 Å². The lowest BCUT2D eigenvalue weighted by Gasteiger charge is -2.13. The van der Waals surface area contributed by atoms with Gasteiger partial charge in [-0.3, -0.25) is 9.59 Å². The second kappa shape index (κ2) is 5.12. The molecular formula is C13H14N4O3. The minimum atomic E-state index is -0.964.